The van der Waals surface area contributed by atoms with Crippen LogP contribution in [0.25, 0.3) is 5.65 Å². The number of nitrogens with zero attached hydrogens (tertiary/aromatic N) is 3. The summed E-state index contributed by atoms with van der Waals surface area (Å²) in [6.07, 6.45) is 2.54. The fourth-order valence-electron chi connectivity index (χ4n) is 1.02. The van der Waals surface area contributed by atoms with Gasteiger partial charge in [0, 0.05) is 6.20 Å². The lowest BCUT2D eigenvalue weighted by molar-refractivity contribution is 0.573. The SMILES string of the molecule is N#Cc1ccc2ncc(F)n2c1. The maximum atomic E-state index is 12.9. The number of hydrogen-bond acceptors (Lipinski definition) is 2. The van der Waals surface area contributed by atoms with E-state index in [0.29, 0.717) is 11.2 Å². The van der Waals surface area contributed by atoms with Gasteiger partial charge in [-0.25, -0.2) is 4.98 Å². The molecule has 2 rings (SSSR count). The predicted molar refractivity (Wildman–Crippen MR) is 39.9 cm³/mol. The molecule has 0 N–H and O–H groups in total. The quantitative estimate of drug-likeness (QED) is 0.585. The summed E-state index contributed by atoms with van der Waals surface area (Å²) in [4.78, 5) is 3.77. The van der Waals surface area contributed by atoms with Crippen molar-refractivity contribution >= 4 is 5.65 Å². The maximum absolute atomic E-state index is 12.9. The molecule has 0 saturated carbocycles. The molecule has 0 amide bonds. The molecule has 0 bridgehead atoms. The number of nitriles is 1. The van der Waals surface area contributed by atoms with Gasteiger partial charge in [0.1, 0.15) is 11.7 Å². The van der Waals surface area contributed by atoms with Crippen molar-refractivity contribution in [2.24, 2.45) is 0 Å². The molecule has 0 aliphatic carbocycles. The second-order valence-corrected chi connectivity index (χ2v) is 2.34. The first-order valence-electron chi connectivity index (χ1n) is 3.34. The molecule has 2 aromatic rings. The Labute approximate surface area is 67.7 Å². The van der Waals surface area contributed by atoms with Crippen LogP contribution >= 0.6 is 0 Å². The molecule has 0 unspecified atom stereocenters. The van der Waals surface area contributed by atoms with E-state index in [1.807, 2.05) is 6.07 Å². The van der Waals surface area contributed by atoms with Crippen molar-refractivity contribution in [2.45, 2.75) is 0 Å². The Morgan fingerprint density at radius 2 is 2.33 bits per heavy atom. The first-order chi connectivity index (χ1) is 5.81. The standard InChI is InChI=1S/C8H4FN3/c9-7-4-11-8-2-1-6(3-10)5-12(7)8/h1-2,4-5H. The molecule has 3 nitrogen and oxygen atoms in total. The minimum atomic E-state index is -0.456. The topological polar surface area (TPSA) is 41.1 Å². The monoisotopic (exact) mass is 161 g/mol. The number of imidazole rings is 1. The number of aromatic nitrogens is 2. The van der Waals surface area contributed by atoms with E-state index < -0.39 is 5.95 Å². The molecule has 0 aromatic carbocycles. The second-order valence-electron chi connectivity index (χ2n) is 2.34. The number of hydrogen-bond donors (Lipinski definition) is 0. The fraction of sp³-hybridized carbons (Fsp3) is 0. The molecule has 0 aliphatic rings. The van der Waals surface area contributed by atoms with E-state index in [-0.39, 0.29) is 0 Å². The maximum Gasteiger partial charge on any atom is 0.217 e. The first-order valence-corrected chi connectivity index (χ1v) is 3.34. The molecule has 2 aromatic heterocycles. The van der Waals surface area contributed by atoms with Gasteiger partial charge in [0.15, 0.2) is 0 Å². The van der Waals surface area contributed by atoms with Crippen molar-refractivity contribution in [3.8, 4) is 6.07 Å². The van der Waals surface area contributed by atoms with E-state index >= 15 is 0 Å². The van der Waals surface area contributed by atoms with Gasteiger partial charge in [0.2, 0.25) is 5.95 Å². The molecule has 12 heavy (non-hydrogen) atoms. The van der Waals surface area contributed by atoms with Gasteiger partial charge < -0.3 is 0 Å². The van der Waals surface area contributed by atoms with Crippen LogP contribution in [-0.4, -0.2) is 9.38 Å². The van der Waals surface area contributed by atoms with Gasteiger partial charge >= 0.3 is 0 Å². The highest BCUT2D eigenvalue weighted by atomic mass is 19.1. The first kappa shape index (κ1) is 6.80. The van der Waals surface area contributed by atoms with Crippen LogP contribution in [0.1, 0.15) is 5.56 Å². The van der Waals surface area contributed by atoms with Gasteiger partial charge in [-0.1, -0.05) is 0 Å². The average molecular weight is 161 g/mol. The van der Waals surface area contributed by atoms with Crippen LogP contribution in [0.4, 0.5) is 4.39 Å². The lowest BCUT2D eigenvalue weighted by Crippen LogP contribution is -1.88. The number of fused-ring (bicyclic) bond motifs is 1. The summed E-state index contributed by atoms with van der Waals surface area (Å²) in [6, 6.07) is 5.12. The van der Waals surface area contributed by atoms with Crippen molar-refractivity contribution in [1.29, 1.82) is 5.26 Å². The van der Waals surface area contributed by atoms with Crippen molar-refractivity contribution < 1.29 is 4.39 Å². The van der Waals surface area contributed by atoms with Crippen molar-refractivity contribution in [3.05, 3.63) is 36.0 Å². The third-order valence-corrected chi connectivity index (χ3v) is 1.59. The van der Waals surface area contributed by atoms with E-state index in [2.05, 4.69) is 4.98 Å². The Morgan fingerprint density at radius 3 is 3.08 bits per heavy atom. The minimum absolute atomic E-state index is 0.416. The molecule has 2 heterocycles. The Bertz CT molecular complexity index is 467. The lowest BCUT2D eigenvalue weighted by Gasteiger charge is -1.92. The predicted octanol–water partition coefficient (Wildman–Crippen LogP) is 1.35. The summed E-state index contributed by atoms with van der Waals surface area (Å²) in [5.41, 5.74) is 0.922. The molecule has 4 heteroatoms. The molecular weight excluding hydrogens is 157 g/mol. The van der Waals surface area contributed by atoms with Crippen LogP contribution in [-0.2, 0) is 0 Å². The van der Waals surface area contributed by atoms with Crippen LogP contribution in [0.5, 0.6) is 0 Å². The zero-order valence-corrected chi connectivity index (χ0v) is 6.03. The average Bonchev–Trinajstić information content (AvgIpc) is 2.47. The van der Waals surface area contributed by atoms with Gasteiger partial charge in [-0.05, 0) is 12.1 Å². The molecule has 0 atom stereocenters. The lowest BCUT2D eigenvalue weighted by atomic mass is 10.3. The van der Waals surface area contributed by atoms with E-state index in [0.717, 1.165) is 6.20 Å². The summed E-state index contributed by atoms with van der Waals surface area (Å²) < 4.78 is 14.1. The molecule has 58 valence electrons. The zero-order valence-electron chi connectivity index (χ0n) is 6.03. The van der Waals surface area contributed by atoms with E-state index in [1.165, 1.54) is 10.6 Å². The van der Waals surface area contributed by atoms with E-state index in [9.17, 15) is 4.39 Å². The highest BCUT2D eigenvalue weighted by Gasteiger charge is 2.01. The normalized spacial score (nSPS) is 10.0. The number of halogens is 1. The van der Waals surface area contributed by atoms with E-state index in [1.54, 1.807) is 12.1 Å². The summed E-state index contributed by atoms with van der Waals surface area (Å²) in [6.45, 7) is 0. The third-order valence-electron chi connectivity index (χ3n) is 1.59. The second kappa shape index (κ2) is 2.31. The molecule has 0 saturated heterocycles. The Hall–Kier alpha value is -1.89. The molecular formula is C8H4FN3. The van der Waals surface area contributed by atoms with Gasteiger partial charge in [-0.3, -0.25) is 4.40 Å². The van der Waals surface area contributed by atoms with Crippen molar-refractivity contribution in [3.63, 3.8) is 0 Å². The smallest absolute Gasteiger partial charge is 0.217 e. The molecule has 0 radical (unpaired) electrons. The molecule has 0 spiro atoms. The minimum Gasteiger partial charge on any atom is -0.275 e. The van der Waals surface area contributed by atoms with Gasteiger partial charge in [-0.15, -0.1) is 0 Å². The van der Waals surface area contributed by atoms with Gasteiger partial charge in [0.05, 0.1) is 11.8 Å². The molecule has 0 fully saturated rings. The highest BCUT2D eigenvalue weighted by molar-refractivity contribution is 5.42. The van der Waals surface area contributed by atoms with Crippen LogP contribution in [0.3, 0.4) is 0 Å². The van der Waals surface area contributed by atoms with Crippen LogP contribution in [0, 0.1) is 17.3 Å². The van der Waals surface area contributed by atoms with Crippen LogP contribution in [0.2, 0.25) is 0 Å². The fourth-order valence-corrected chi connectivity index (χ4v) is 1.02. The number of rotatable bonds is 0. The summed E-state index contributed by atoms with van der Waals surface area (Å²) in [5.74, 6) is -0.456. The van der Waals surface area contributed by atoms with Crippen molar-refractivity contribution in [1.82, 2.24) is 9.38 Å². The van der Waals surface area contributed by atoms with Gasteiger partial charge in [0.25, 0.3) is 0 Å². The Kier molecular flexibility index (Phi) is 1.31. The van der Waals surface area contributed by atoms with Crippen molar-refractivity contribution in [2.75, 3.05) is 0 Å². The highest BCUT2D eigenvalue weighted by Crippen LogP contribution is 2.06. The largest absolute Gasteiger partial charge is 0.275 e. The Morgan fingerprint density at radius 1 is 1.50 bits per heavy atom. The molecule has 0 aliphatic heterocycles. The summed E-state index contributed by atoms with van der Waals surface area (Å²) in [5, 5.41) is 8.52. The summed E-state index contributed by atoms with van der Waals surface area (Å²) >= 11 is 0. The van der Waals surface area contributed by atoms with Gasteiger partial charge in [-0.2, -0.15) is 9.65 Å². The third kappa shape index (κ3) is 0.839. The number of pyridine rings is 1. The van der Waals surface area contributed by atoms with Crippen LogP contribution < -0.4 is 0 Å². The van der Waals surface area contributed by atoms with E-state index in [4.69, 9.17) is 5.26 Å². The van der Waals surface area contributed by atoms with Crippen LogP contribution in [0.15, 0.2) is 24.5 Å². The zero-order chi connectivity index (χ0) is 8.55. The summed E-state index contributed by atoms with van der Waals surface area (Å²) in [7, 11) is 0. The Balaban J connectivity index is 2.82.